The quantitative estimate of drug-likeness (QED) is 0.826. The third-order valence-electron chi connectivity index (χ3n) is 3.28. The molecule has 7 heteroatoms. The Morgan fingerprint density at radius 1 is 1.42 bits per heavy atom. The molecule has 1 N–H and O–H groups in total. The van der Waals surface area contributed by atoms with Crippen molar-refractivity contribution >= 4 is 10.0 Å². The highest BCUT2D eigenvalue weighted by Gasteiger charge is 2.21. The molecule has 0 amide bonds. The molecular weight excluding hydrogens is 264 g/mol. The summed E-state index contributed by atoms with van der Waals surface area (Å²) in [5, 5.41) is 7.91. The lowest BCUT2D eigenvalue weighted by Crippen LogP contribution is -2.44. The third-order valence-corrected chi connectivity index (χ3v) is 4.04. The van der Waals surface area contributed by atoms with Crippen molar-refractivity contribution in [2.45, 2.75) is 25.3 Å². The largest absolute Gasteiger partial charge is 0.303 e. The molecule has 1 fully saturated rings. The predicted molar refractivity (Wildman–Crippen MR) is 73.2 cm³/mol. The Kier molecular flexibility index (Phi) is 4.84. The molecule has 19 heavy (non-hydrogen) atoms. The summed E-state index contributed by atoms with van der Waals surface area (Å²) in [6, 6.07) is 3.96. The molecule has 1 saturated heterocycles. The summed E-state index contributed by atoms with van der Waals surface area (Å²) < 4.78 is 25.0. The monoisotopic (exact) mass is 284 g/mol. The summed E-state index contributed by atoms with van der Waals surface area (Å²) in [5.41, 5.74) is 0.999. The maximum atomic E-state index is 11.2. The van der Waals surface area contributed by atoms with Crippen LogP contribution < -0.4 is 4.72 Å². The fourth-order valence-corrected chi connectivity index (χ4v) is 3.16. The lowest BCUT2D eigenvalue weighted by atomic mass is 10.1. The van der Waals surface area contributed by atoms with Gasteiger partial charge in [-0.05, 0) is 38.1 Å². The molecule has 0 saturated carbocycles. The molecule has 0 bridgehead atoms. The van der Waals surface area contributed by atoms with Crippen LogP contribution >= 0.6 is 0 Å². The second kappa shape index (κ2) is 6.40. The van der Waals surface area contributed by atoms with Gasteiger partial charge in [-0.3, -0.25) is 0 Å². The van der Waals surface area contributed by atoms with Gasteiger partial charge in [0, 0.05) is 25.2 Å². The number of sulfonamides is 1. The molecule has 1 aromatic rings. The molecule has 0 aromatic carbocycles. The van der Waals surface area contributed by atoms with E-state index in [0.717, 1.165) is 44.6 Å². The molecule has 106 valence electrons. The van der Waals surface area contributed by atoms with Crippen LogP contribution in [0.2, 0.25) is 0 Å². The van der Waals surface area contributed by atoms with E-state index >= 15 is 0 Å². The number of piperidine rings is 1. The molecule has 1 aliphatic rings. The minimum Gasteiger partial charge on any atom is -0.303 e. The van der Waals surface area contributed by atoms with Crippen molar-refractivity contribution in [3.05, 3.63) is 24.0 Å². The van der Waals surface area contributed by atoms with Gasteiger partial charge in [-0.15, -0.1) is 0 Å². The highest BCUT2D eigenvalue weighted by Crippen LogP contribution is 2.11. The van der Waals surface area contributed by atoms with E-state index in [1.807, 2.05) is 12.1 Å². The van der Waals surface area contributed by atoms with Crippen LogP contribution in [0.25, 0.3) is 0 Å². The number of rotatable bonds is 5. The van der Waals surface area contributed by atoms with E-state index < -0.39 is 10.0 Å². The van der Waals surface area contributed by atoms with Gasteiger partial charge in [0.1, 0.15) is 0 Å². The van der Waals surface area contributed by atoms with E-state index in [4.69, 9.17) is 0 Å². The number of nitrogens with one attached hydrogen (secondary N) is 1. The van der Waals surface area contributed by atoms with Crippen molar-refractivity contribution in [3.63, 3.8) is 0 Å². The molecule has 2 heterocycles. The number of aromatic nitrogens is 2. The van der Waals surface area contributed by atoms with Crippen LogP contribution in [0.1, 0.15) is 18.5 Å². The van der Waals surface area contributed by atoms with Crippen molar-refractivity contribution in [2.75, 3.05) is 25.9 Å². The van der Waals surface area contributed by atoms with Crippen molar-refractivity contribution in [2.24, 2.45) is 0 Å². The third kappa shape index (κ3) is 5.22. The van der Waals surface area contributed by atoms with E-state index in [2.05, 4.69) is 19.8 Å². The standard InChI is InChI=1S/C12H20N4O2S/c1-19(17,18)15-12-5-9-16(10-6-12)8-4-11-3-2-7-13-14-11/h2-3,7,12,15H,4-6,8-10H2,1H3. The molecule has 1 aliphatic heterocycles. The predicted octanol–water partition coefficient (Wildman–Crippen LogP) is 0.0327. The lowest BCUT2D eigenvalue weighted by Gasteiger charge is -2.31. The molecule has 2 rings (SSSR count). The Hall–Kier alpha value is -1.05. The van der Waals surface area contributed by atoms with E-state index in [1.54, 1.807) is 6.20 Å². The van der Waals surface area contributed by atoms with Gasteiger partial charge in [0.05, 0.1) is 11.9 Å². The molecule has 0 atom stereocenters. The molecule has 1 aromatic heterocycles. The zero-order chi connectivity index (χ0) is 13.7. The number of hydrogen-bond donors (Lipinski definition) is 1. The fraction of sp³-hybridized carbons (Fsp3) is 0.667. The highest BCUT2D eigenvalue weighted by atomic mass is 32.2. The Bertz CT molecular complexity index is 484. The summed E-state index contributed by atoms with van der Waals surface area (Å²) in [5.74, 6) is 0. The maximum absolute atomic E-state index is 11.2. The number of likely N-dealkylation sites (tertiary alicyclic amines) is 1. The van der Waals surface area contributed by atoms with Crippen molar-refractivity contribution < 1.29 is 8.42 Å². The van der Waals surface area contributed by atoms with E-state index in [1.165, 1.54) is 6.26 Å². The molecule has 0 radical (unpaired) electrons. The van der Waals surface area contributed by atoms with Gasteiger partial charge in [0.2, 0.25) is 10.0 Å². The Morgan fingerprint density at radius 2 is 2.16 bits per heavy atom. The van der Waals surface area contributed by atoms with Crippen LogP contribution in [0.4, 0.5) is 0 Å². The fourth-order valence-electron chi connectivity index (χ4n) is 2.32. The lowest BCUT2D eigenvalue weighted by molar-refractivity contribution is 0.209. The minimum atomic E-state index is -3.08. The zero-order valence-electron chi connectivity index (χ0n) is 11.1. The Morgan fingerprint density at radius 3 is 2.74 bits per heavy atom. The topological polar surface area (TPSA) is 75.2 Å². The average molecular weight is 284 g/mol. The summed E-state index contributed by atoms with van der Waals surface area (Å²) >= 11 is 0. The molecule has 0 unspecified atom stereocenters. The first-order valence-corrected chi connectivity index (χ1v) is 8.38. The van der Waals surface area contributed by atoms with Crippen molar-refractivity contribution in [3.8, 4) is 0 Å². The summed E-state index contributed by atoms with van der Waals surface area (Å²) in [4.78, 5) is 2.34. The van der Waals surface area contributed by atoms with Gasteiger partial charge in [0.15, 0.2) is 0 Å². The van der Waals surface area contributed by atoms with Crippen LogP contribution in [0.3, 0.4) is 0 Å². The van der Waals surface area contributed by atoms with E-state index in [-0.39, 0.29) is 6.04 Å². The number of nitrogens with zero attached hydrogens (tertiary/aromatic N) is 3. The summed E-state index contributed by atoms with van der Waals surface area (Å²) in [7, 11) is -3.08. The first-order chi connectivity index (χ1) is 9.03. The van der Waals surface area contributed by atoms with Crippen LogP contribution in [0, 0.1) is 0 Å². The zero-order valence-corrected chi connectivity index (χ0v) is 11.9. The van der Waals surface area contributed by atoms with Crippen LogP contribution in [-0.2, 0) is 16.4 Å². The molecule has 0 aliphatic carbocycles. The van der Waals surface area contributed by atoms with Gasteiger partial charge >= 0.3 is 0 Å². The van der Waals surface area contributed by atoms with Crippen molar-refractivity contribution in [1.82, 2.24) is 19.8 Å². The SMILES string of the molecule is CS(=O)(=O)NC1CCN(CCc2cccnn2)CC1. The van der Waals surface area contributed by atoms with Gasteiger partial charge in [-0.25, -0.2) is 13.1 Å². The number of hydrogen-bond acceptors (Lipinski definition) is 5. The molecule has 6 nitrogen and oxygen atoms in total. The first kappa shape index (κ1) is 14.4. The first-order valence-electron chi connectivity index (χ1n) is 6.49. The normalized spacial score (nSPS) is 18.6. The smallest absolute Gasteiger partial charge is 0.208 e. The van der Waals surface area contributed by atoms with Crippen molar-refractivity contribution in [1.29, 1.82) is 0 Å². The van der Waals surface area contributed by atoms with Crippen LogP contribution in [0.5, 0.6) is 0 Å². The van der Waals surface area contributed by atoms with Gasteiger partial charge in [0.25, 0.3) is 0 Å². The van der Waals surface area contributed by atoms with Gasteiger partial charge in [-0.1, -0.05) is 0 Å². The van der Waals surface area contributed by atoms with E-state index in [9.17, 15) is 8.42 Å². The van der Waals surface area contributed by atoms with Crippen LogP contribution in [0.15, 0.2) is 18.3 Å². The molecule has 0 spiro atoms. The second-order valence-corrected chi connectivity index (χ2v) is 6.75. The van der Waals surface area contributed by atoms with Crippen LogP contribution in [-0.4, -0.2) is 55.4 Å². The Balaban J connectivity index is 1.72. The summed E-state index contributed by atoms with van der Waals surface area (Å²) in [6.45, 7) is 2.80. The molecular formula is C12H20N4O2S. The van der Waals surface area contributed by atoms with Gasteiger partial charge < -0.3 is 4.90 Å². The Labute approximate surface area is 114 Å². The minimum absolute atomic E-state index is 0.0859. The highest BCUT2D eigenvalue weighted by molar-refractivity contribution is 7.88. The van der Waals surface area contributed by atoms with E-state index in [0.29, 0.717) is 0 Å². The maximum Gasteiger partial charge on any atom is 0.208 e. The van der Waals surface area contributed by atoms with Gasteiger partial charge in [-0.2, -0.15) is 10.2 Å². The summed E-state index contributed by atoms with van der Waals surface area (Å²) in [6.07, 6.45) is 5.51. The second-order valence-electron chi connectivity index (χ2n) is 4.97. The average Bonchev–Trinajstić information content (AvgIpc) is 2.37.